The molecular weight excluding hydrogens is 1500 g/mol. The third-order valence-electron chi connectivity index (χ3n) is 28.9. The van der Waals surface area contributed by atoms with E-state index in [-0.39, 0.29) is 28.3 Å². The number of aliphatic hydroxyl groups excluding tert-OH is 1. The molecule has 15 aromatic rings. The number of unbranched alkanes of at least 4 members (excludes halogenated alkanes) is 4. The SMILES string of the molecule is CCCCC1(CCCC)c2ccccc2-c2ccc(N(c3ccc(C)cc3)c3ccc4c(c3)C(CCCC)(CCCC)c3ccccc3-4)cc21.Cc1ccc(N(c2ccc3c(c2)C(C)(C)c2ccccc2-3)c2ccc3c(c2)C(C)(C)c2ccccc2-3)cc1.Cc1ccc(N(c2ccc3c(c2)Cc2ccccc2-3)c2ccc3c(c2)Cc2ccccc2-3)cc1CO. The summed E-state index contributed by atoms with van der Waals surface area (Å²) in [6, 6.07) is 121. The van der Waals surface area contributed by atoms with Gasteiger partial charge in [0.05, 0.1) is 6.61 Å². The second kappa shape index (κ2) is 33.4. The monoisotopic (exact) mass is 1620 g/mol. The maximum absolute atomic E-state index is 10.0. The van der Waals surface area contributed by atoms with Crippen molar-refractivity contribution in [2.24, 2.45) is 0 Å². The van der Waals surface area contributed by atoms with E-state index >= 15 is 0 Å². The lowest BCUT2D eigenvalue weighted by Gasteiger charge is -2.35. The summed E-state index contributed by atoms with van der Waals surface area (Å²) < 4.78 is 0. The predicted octanol–water partition coefficient (Wildman–Crippen LogP) is 32.9. The van der Waals surface area contributed by atoms with Gasteiger partial charge in [-0.3, -0.25) is 0 Å². The molecule has 0 atom stereocenters. The van der Waals surface area contributed by atoms with Crippen LogP contribution < -0.4 is 14.7 Å². The van der Waals surface area contributed by atoms with Gasteiger partial charge >= 0.3 is 0 Å². The van der Waals surface area contributed by atoms with Crippen LogP contribution in [-0.4, -0.2) is 5.11 Å². The van der Waals surface area contributed by atoms with E-state index in [2.05, 4.69) is 412 Å². The molecule has 0 unspecified atom stereocenters. The first-order valence-electron chi connectivity index (χ1n) is 46.1. The Morgan fingerprint density at radius 1 is 0.242 bits per heavy atom. The summed E-state index contributed by atoms with van der Waals surface area (Å²) in [7, 11) is 0. The molecule has 0 saturated heterocycles. The van der Waals surface area contributed by atoms with Gasteiger partial charge in [0.1, 0.15) is 0 Å². The van der Waals surface area contributed by atoms with Crippen molar-refractivity contribution in [1.82, 2.24) is 0 Å². The number of rotatable bonds is 22. The number of nitrogens with zero attached hydrogens (tertiary/aromatic N) is 3. The Kier molecular flexibility index (Phi) is 21.9. The molecule has 618 valence electrons. The zero-order chi connectivity index (χ0) is 85.2. The van der Waals surface area contributed by atoms with Crippen molar-refractivity contribution in [3.8, 4) is 66.8 Å². The standard InChI is InChI=1S/C49H57N.C37H33N.C34H27NO/c1-6-10-30-48(31-11-7-2)44-20-16-14-18-40(44)42-28-26-38(34-46(42)48)50(37-24-22-36(5)23-25-37)39-27-29-43-41-19-15-17-21-45(41)49(32-12-8-3,33-13-9-4)47(43)35-39;1-24-14-16-25(17-15-24)38(26-18-20-30-28-10-6-8-12-32(28)36(2,3)34(30)22-26)27-19-21-31-29-11-7-9-13-33(29)37(4,5)35(31)23-27;1-22-10-11-28(20-27(22)21-36)35(29-12-14-33-25(18-29)16-23-6-2-4-8-31(23)33)30-13-15-34-26(19-30)17-24-7-3-5-9-32(24)34/h14-29,34-35H,6-13,30-33H2,1-5H3;6-23H,1-5H3;2-15,18-20,36H,16-17,21H2,1H3. The van der Waals surface area contributed by atoms with Crippen LogP contribution >= 0.6 is 0 Å². The van der Waals surface area contributed by atoms with Gasteiger partial charge < -0.3 is 19.8 Å². The van der Waals surface area contributed by atoms with Crippen molar-refractivity contribution in [3.63, 3.8) is 0 Å². The van der Waals surface area contributed by atoms with Crippen LogP contribution in [-0.2, 0) is 41.1 Å². The molecule has 0 fully saturated rings. The first kappa shape index (κ1) is 81.3. The van der Waals surface area contributed by atoms with E-state index in [0.717, 1.165) is 41.0 Å². The normalized spacial score (nSPS) is 14.3. The molecule has 0 bridgehead atoms. The lowest BCUT2D eigenvalue weighted by Crippen LogP contribution is -2.26. The fraction of sp³-hybridized carbons (Fsp3) is 0.250. The molecule has 0 heterocycles. The van der Waals surface area contributed by atoms with Crippen molar-refractivity contribution in [2.45, 2.75) is 194 Å². The molecule has 6 aliphatic rings. The van der Waals surface area contributed by atoms with E-state index in [1.807, 2.05) is 0 Å². The average molecular weight is 1620 g/mol. The highest BCUT2D eigenvalue weighted by molar-refractivity contribution is 5.93. The Hall–Kier alpha value is -12.3. The second-order valence-electron chi connectivity index (χ2n) is 37.2. The van der Waals surface area contributed by atoms with Gasteiger partial charge in [0, 0.05) is 72.8 Å². The minimum Gasteiger partial charge on any atom is -0.392 e. The summed E-state index contributed by atoms with van der Waals surface area (Å²) in [5, 5.41) is 10.0. The Labute approximate surface area is 737 Å². The number of anilines is 9. The van der Waals surface area contributed by atoms with Crippen LogP contribution in [0.15, 0.2) is 322 Å². The minimum atomic E-state index is -0.0392. The lowest BCUT2D eigenvalue weighted by atomic mass is 9.70. The highest BCUT2D eigenvalue weighted by Crippen LogP contribution is 2.60. The van der Waals surface area contributed by atoms with Gasteiger partial charge in [0.2, 0.25) is 0 Å². The smallest absolute Gasteiger partial charge is 0.0685 e. The Morgan fingerprint density at radius 2 is 0.500 bits per heavy atom. The molecule has 1 N–H and O–H groups in total. The Morgan fingerprint density at radius 3 is 0.863 bits per heavy atom. The molecular formula is C120H117N3O. The van der Waals surface area contributed by atoms with E-state index < -0.39 is 0 Å². The average Bonchev–Trinajstić information content (AvgIpc) is 1.69. The molecule has 0 aliphatic heterocycles. The largest absolute Gasteiger partial charge is 0.392 e. The van der Waals surface area contributed by atoms with Gasteiger partial charge in [-0.2, -0.15) is 0 Å². The Bertz CT molecular complexity index is 6210. The maximum Gasteiger partial charge on any atom is 0.0685 e. The summed E-state index contributed by atoms with van der Waals surface area (Å²) in [6.45, 7) is 25.2. The van der Waals surface area contributed by atoms with E-state index in [1.54, 1.807) is 11.1 Å². The van der Waals surface area contributed by atoms with Gasteiger partial charge in [-0.1, -0.05) is 330 Å². The zero-order valence-corrected chi connectivity index (χ0v) is 74.5. The molecule has 4 heteroatoms. The molecule has 0 amide bonds. The highest BCUT2D eigenvalue weighted by atomic mass is 16.3. The first-order chi connectivity index (χ1) is 60.5. The highest BCUT2D eigenvalue weighted by Gasteiger charge is 2.46. The van der Waals surface area contributed by atoms with Crippen LogP contribution in [0.2, 0.25) is 0 Å². The minimum absolute atomic E-state index is 0.0342. The van der Waals surface area contributed by atoms with Gasteiger partial charge in [-0.15, -0.1) is 0 Å². The van der Waals surface area contributed by atoms with E-state index in [9.17, 15) is 5.11 Å². The van der Waals surface area contributed by atoms with E-state index in [0.29, 0.717) is 0 Å². The van der Waals surface area contributed by atoms with Crippen LogP contribution in [0.5, 0.6) is 0 Å². The number of hydrogen-bond donors (Lipinski definition) is 1. The van der Waals surface area contributed by atoms with Crippen molar-refractivity contribution < 1.29 is 5.11 Å². The molecule has 6 aliphatic carbocycles. The molecule has 15 aromatic carbocycles. The number of fused-ring (bicyclic) bond motifs is 18. The third kappa shape index (κ3) is 14.1. The molecule has 21 rings (SSSR count). The number of aliphatic hydroxyl groups is 1. The molecule has 0 saturated carbocycles. The molecule has 0 spiro atoms. The Balaban J connectivity index is 0.000000124. The molecule has 4 nitrogen and oxygen atoms in total. The number of aryl methyl sites for hydroxylation is 3. The summed E-state index contributed by atoms with van der Waals surface area (Å²) in [6.07, 6.45) is 16.6. The van der Waals surface area contributed by atoms with Crippen molar-refractivity contribution >= 4 is 51.2 Å². The fourth-order valence-electron chi connectivity index (χ4n) is 22.3. The van der Waals surface area contributed by atoms with Crippen LogP contribution in [0.4, 0.5) is 51.2 Å². The van der Waals surface area contributed by atoms with Crippen molar-refractivity contribution in [1.29, 1.82) is 0 Å². The van der Waals surface area contributed by atoms with Crippen LogP contribution in [0.25, 0.3) is 66.8 Å². The predicted molar refractivity (Wildman–Crippen MR) is 526 cm³/mol. The van der Waals surface area contributed by atoms with E-state index in [4.69, 9.17) is 0 Å². The van der Waals surface area contributed by atoms with Gasteiger partial charge in [-0.05, 0) is 313 Å². The van der Waals surface area contributed by atoms with Crippen LogP contribution in [0.1, 0.15) is 221 Å². The van der Waals surface area contributed by atoms with Crippen molar-refractivity contribution in [3.05, 3.63) is 411 Å². The fourth-order valence-corrected chi connectivity index (χ4v) is 22.3. The van der Waals surface area contributed by atoms with E-state index in [1.165, 1.54) is 245 Å². The topological polar surface area (TPSA) is 30.0 Å². The number of benzene rings is 15. The summed E-state index contributed by atoms with van der Waals surface area (Å²) in [4.78, 5) is 7.32. The van der Waals surface area contributed by atoms with Gasteiger partial charge in [0.15, 0.2) is 0 Å². The molecule has 0 aromatic heterocycles. The first-order valence-corrected chi connectivity index (χ1v) is 46.1. The van der Waals surface area contributed by atoms with Crippen LogP contribution in [0, 0.1) is 20.8 Å². The van der Waals surface area contributed by atoms with Gasteiger partial charge in [-0.25, -0.2) is 0 Å². The second-order valence-corrected chi connectivity index (χ2v) is 37.2. The van der Waals surface area contributed by atoms with Crippen LogP contribution in [0.3, 0.4) is 0 Å². The van der Waals surface area contributed by atoms with Crippen molar-refractivity contribution in [2.75, 3.05) is 14.7 Å². The summed E-state index contributed by atoms with van der Waals surface area (Å²) in [5.41, 5.74) is 49.1. The quantitative estimate of drug-likeness (QED) is 0.0732. The third-order valence-corrected chi connectivity index (χ3v) is 28.9. The zero-order valence-electron chi connectivity index (χ0n) is 74.5. The molecule has 124 heavy (non-hydrogen) atoms. The number of hydrogen-bond acceptors (Lipinski definition) is 4. The summed E-state index contributed by atoms with van der Waals surface area (Å²) in [5.74, 6) is 0. The maximum atomic E-state index is 10.0. The lowest BCUT2D eigenvalue weighted by molar-refractivity contribution is 0.281. The summed E-state index contributed by atoms with van der Waals surface area (Å²) >= 11 is 0. The van der Waals surface area contributed by atoms with Gasteiger partial charge in [0.25, 0.3) is 0 Å². The molecule has 0 radical (unpaired) electrons.